The van der Waals surface area contributed by atoms with Crippen LogP contribution in [0.2, 0.25) is 0 Å². The van der Waals surface area contributed by atoms with Crippen molar-refractivity contribution < 1.29 is 9.59 Å². The lowest BCUT2D eigenvalue weighted by Crippen LogP contribution is -2.26. The van der Waals surface area contributed by atoms with Gasteiger partial charge in [0.15, 0.2) is 0 Å². The Balaban J connectivity index is 2.16. The highest BCUT2D eigenvalue weighted by Gasteiger charge is 2.13. The SMILES string of the molecule is CCN(CC)c1nc(C)cc(C(=O)Nc2ccc(NC(C)=O)cc2)n1. The molecule has 0 aliphatic heterocycles. The average molecular weight is 341 g/mol. The van der Waals surface area contributed by atoms with Crippen LogP contribution in [0.1, 0.15) is 37.0 Å². The Labute approximate surface area is 147 Å². The second kappa shape index (κ2) is 8.23. The molecule has 0 aliphatic carbocycles. The lowest BCUT2D eigenvalue weighted by molar-refractivity contribution is -0.114. The fraction of sp³-hybridized carbons (Fsp3) is 0.333. The Kier molecular flexibility index (Phi) is 6.05. The maximum atomic E-state index is 12.5. The molecule has 2 rings (SSSR count). The molecule has 0 spiro atoms. The van der Waals surface area contributed by atoms with Crippen molar-refractivity contribution in [3.8, 4) is 0 Å². The van der Waals surface area contributed by atoms with Gasteiger partial charge in [-0.25, -0.2) is 9.97 Å². The van der Waals surface area contributed by atoms with Crippen LogP contribution in [-0.2, 0) is 4.79 Å². The van der Waals surface area contributed by atoms with Crippen molar-refractivity contribution >= 4 is 29.1 Å². The molecule has 0 fully saturated rings. The molecule has 0 saturated heterocycles. The van der Waals surface area contributed by atoms with Crippen LogP contribution in [0.4, 0.5) is 17.3 Å². The van der Waals surface area contributed by atoms with E-state index in [4.69, 9.17) is 0 Å². The van der Waals surface area contributed by atoms with Crippen LogP contribution in [0.15, 0.2) is 30.3 Å². The van der Waals surface area contributed by atoms with Gasteiger partial charge in [0.1, 0.15) is 5.69 Å². The summed E-state index contributed by atoms with van der Waals surface area (Å²) in [5.74, 6) is 0.111. The number of rotatable bonds is 6. The maximum Gasteiger partial charge on any atom is 0.274 e. The zero-order chi connectivity index (χ0) is 18.4. The molecule has 0 atom stereocenters. The van der Waals surface area contributed by atoms with E-state index in [0.717, 1.165) is 18.8 Å². The zero-order valence-electron chi connectivity index (χ0n) is 15.0. The van der Waals surface area contributed by atoms with E-state index < -0.39 is 0 Å². The average Bonchev–Trinajstić information content (AvgIpc) is 2.57. The van der Waals surface area contributed by atoms with Gasteiger partial charge in [0.25, 0.3) is 5.91 Å². The van der Waals surface area contributed by atoms with Crippen LogP contribution in [0.5, 0.6) is 0 Å². The molecule has 0 bridgehead atoms. The van der Waals surface area contributed by atoms with Crippen molar-refractivity contribution in [3.05, 3.63) is 41.7 Å². The first-order valence-corrected chi connectivity index (χ1v) is 8.22. The van der Waals surface area contributed by atoms with Crippen LogP contribution in [0, 0.1) is 6.92 Å². The van der Waals surface area contributed by atoms with E-state index in [0.29, 0.717) is 23.0 Å². The number of aryl methyl sites for hydroxylation is 1. The minimum absolute atomic E-state index is 0.142. The second-order valence-corrected chi connectivity index (χ2v) is 5.58. The summed E-state index contributed by atoms with van der Waals surface area (Å²) in [5, 5.41) is 5.49. The number of carbonyl (C=O) groups excluding carboxylic acids is 2. The molecule has 7 nitrogen and oxygen atoms in total. The molecule has 0 saturated carbocycles. The number of amides is 2. The molecule has 132 valence electrons. The van der Waals surface area contributed by atoms with E-state index in [2.05, 4.69) is 20.6 Å². The predicted octanol–water partition coefficient (Wildman–Crippen LogP) is 2.84. The highest BCUT2D eigenvalue weighted by Crippen LogP contribution is 2.16. The Morgan fingerprint density at radius 1 is 1.00 bits per heavy atom. The normalized spacial score (nSPS) is 10.2. The van der Waals surface area contributed by atoms with Gasteiger partial charge in [0, 0.05) is 37.1 Å². The van der Waals surface area contributed by atoms with E-state index in [-0.39, 0.29) is 11.8 Å². The quantitative estimate of drug-likeness (QED) is 0.843. The molecular weight excluding hydrogens is 318 g/mol. The van der Waals surface area contributed by atoms with Crippen LogP contribution in [0.25, 0.3) is 0 Å². The molecule has 1 heterocycles. The number of anilines is 3. The number of aromatic nitrogens is 2. The molecule has 2 N–H and O–H groups in total. The minimum atomic E-state index is -0.300. The number of hydrogen-bond donors (Lipinski definition) is 2. The second-order valence-electron chi connectivity index (χ2n) is 5.58. The molecule has 7 heteroatoms. The summed E-state index contributed by atoms with van der Waals surface area (Å²) >= 11 is 0. The van der Waals surface area contributed by atoms with Gasteiger partial charge in [-0.1, -0.05) is 0 Å². The largest absolute Gasteiger partial charge is 0.341 e. The molecule has 0 unspecified atom stereocenters. The number of nitrogens with zero attached hydrogens (tertiary/aromatic N) is 3. The fourth-order valence-electron chi connectivity index (χ4n) is 2.35. The van der Waals surface area contributed by atoms with Crippen molar-refractivity contribution in [1.29, 1.82) is 0 Å². The fourth-order valence-corrected chi connectivity index (χ4v) is 2.35. The van der Waals surface area contributed by atoms with Gasteiger partial charge in [0.2, 0.25) is 11.9 Å². The van der Waals surface area contributed by atoms with E-state index >= 15 is 0 Å². The van der Waals surface area contributed by atoms with E-state index in [9.17, 15) is 9.59 Å². The summed E-state index contributed by atoms with van der Waals surface area (Å²) in [6.45, 7) is 8.86. The summed E-state index contributed by atoms with van der Waals surface area (Å²) in [6, 6.07) is 8.56. The molecule has 1 aromatic carbocycles. The summed E-state index contributed by atoms with van der Waals surface area (Å²) in [5.41, 5.74) is 2.36. The van der Waals surface area contributed by atoms with Gasteiger partial charge in [-0.3, -0.25) is 9.59 Å². The van der Waals surface area contributed by atoms with Gasteiger partial charge in [-0.2, -0.15) is 0 Å². The van der Waals surface area contributed by atoms with Crippen LogP contribution in [0.3, 0.4) is 0 Å². The first-order chi connectivity index (χ1) is 11.9. The molecule has 1 aromatic heterocycles. The summed E-state index contributed by atoms with van der Waals surface area (Å²) in [6.07, 6.45) is 0. The Morgan fingerprint density at radius 3 is 2.08 bits per heavy atom. The summed E-state index contributed by atoms with van der Waals surface area (Å²) < 4.78 is 0. The minimum Gasteiger partial charge on any atom is -0.341 e. The first-order valence-electron chi connectivity index (χ1n) is 8.22. The van der Waals surface area contributed by atoms with Crippen molar-refractivity contribution in [2.75, 3.05) is 28.6 Å². The Morgan fingerprint density at radius 2 is 1.56 bits per heavy atom. The van der Waals surface area contributed by atoms with Crippen molar-refractivity contribution in [2.24, 2.45) is 0 Å². The third-order valence-electron chi connectivity index (χ3n) is 3.58. The van der Waals surface area contributed by atoms with Gasteiger partial charge >= 0.3 is 0 Å². The topological polar surface area (TPSA) is 87.2 Å². The Bertz CT molecular complexity index is 755. The van der Waals surface area contributed by atoms with E-state index in [1.165, 1.54) is 6.92 Å². The standard InChI is InChI=1S/C18H23N5O2/c1-5-23(6-2)18-19-12(3)11-16(22-18)17(25)21-15-9-7-14(8-10-15)20-13(4)24/h7-11H,5-6H2,1-4H3,(H,20,24)(H,21,25). The molecule has 25 heavy (non-hydrogen) atoms. The zero-order valence-corrected chi connectivity index (χ0v) is 15.0. The highest BCUT2D eigenvalue weighted by molar-refractivity contribution is 6.03. The van der Waals surface area contributed by atoms with Crippen LogP contribution in [-0.4, -0.2) is 34.9 Å². The molecule has 2 aromatic rings. The smallest absolute Gasteiger partial charge is 0.274 e. The van der Waals surface area contributed by atoms with Crippen LogP contribution >= 0.6 is 0 Å². The van der Waals surface area contributed by atoms with Crippen molar-refractivity contribution in [1.82, 2.24) is 9.97 Å². The molecule has 0 aliphatic rings. The number of hydrogen-bond acceptors (Lipinski definition) is 5. The lowest BCUT2D eigenvalue weighted by atomic mass is 10.2. The Hall–Kier alpha value is -2.96. The van der Waals surface area contributed by atoms with Gasteiger partial charge in [0.05, 0.1) is 0 Å². The maximum absolute atomic E-state index is 12.5. The van der Waals surface area contributed by atoms with Crippen molar-refractivity contribution in [3.63, 3.8) is 0 Å². The van der Waals surface area contributed by atoms with Gasteiger partial charge < -0.3 is 15.5 Å². The molecule has 2 amide bonds. The lowest BCUT2D eigenvalue weighted by Gasteiger charge is -2.19. The van der Waals surface area contributed by atoms with Gasteiger partial charge in [-0.05, 0) is 51.1 Å². The summed E-state index contributed by atoms with van der Waals surface area (Å²) in [7, 11) is 0. The third kappa shape index (κ3) is 5.00. The number of benzene rings is 1. The molecule has 0 radical (unpaired) electrons. The predicted molar refractivity (Wildman–Crippen MR) is 99.0 cm³/mol. The molecular formula is C18H23N5O2. The monoisotopic (exact) mass is 341 g/mol. The van der Waals surface area contributed by atoms with Gasteiger partial charge in [-0.15, -0.1) is 0 Å². The van der Waals surface area contributed by atoms with Crippen LogP contribution < -0.4 is 15.5 Å². The van der Waals surface area contributed by atoms with Crippen molar-refractivity contribution in [2.45, 2.75) is 27.7 Å². The highest BCUT2D eigenvalue weighted by atomic mass is 16.2. The van der Waals surface area contributed by atoms with E-state index in [1.54, 1.807) is 30.3 Å². The summed E-state index contributed by atoms with van der Waals surface area (Å²) in [4.78, 5) is 34.3. The first kappa shape index (κ1) is 18.4. The van der Waals surface area contributed by atoms with E-state index in [1.807, 2.05) is 25.7 Å². The number of nitrogens with one attached hydrogen (secondary N) is 2. The number of carbonyl (C=O) groups is 2. The third-order valence-corrected chi connectivity index (χ3v) is 3.58.